The molecule has 1 fully saturated rings. The molecular weight excluding hydrogens is 302 g/mol. The van der Waals surface area contributed by atoms with Crippen molar-refractivity contribution in [3.05, 3.63) is 24.3 Å². The number of amides is 2. The van der Waals surface area contributed by atoms with Gasteiger partial charge in [0, 0.05) is 26.1 Å². The number of carbonyl (C=O) groups is 2. The van der Waals surface area contributed by atoms with Gasteiger partial charge in [0.2, 0.25) is 5.91 Å². The van der Waals surface area contributed by atoms with Crippen molar-refractivity contribution in [2.45, 2.75) is 45.6 Å². The predicted molar refractivity (Wildman–Crippen MR) is 96.1 cm³/mol. The fourth-order valence-electron chi connectivity index (χ4n) is 3.74. The van der Waals surface area contributed by atoms with E-state index in [1.807, 2.05) is 41.0 Å². The maximum atomic E-state index is 13.3. The van der Waals surface area contributed by atoms with Gasteiger partial charge >= 0.3 is 0 Å². The first-order valence-electron chi connectivity index (χ1n) is 8.94. The fourth-order valence-corrected chi connectivity index (χ4v) is 3.74. The Morgan fingerprint density at radius 1 is 1.25 bits per heavy atom. The number of fused-ring (bicyclic) bond motifs is 1. The van der Waals surface area contributed by atoms with Crippen molar-refractivity contribution in [3.63, 3.8) is 0 Å². The van der Waals surface area contributed by atoms with Crippen LogP contribution in [0, 0.1) is 5.92 Å². The molecule has 1 saturated heterocycles. The van der Waals surface area contributed by atoms with Gasteiger partial charge in [-0.2, -0.15) is 0 Å². The summed E-state index contributed by atoms with van der Waals surface area (Å²) in [5.41, 5.74) is 1.41. The van der Waals surface area contributed by atoms with E-state index in [2.05, 4.69) is 19.2 Å². The molecule has 2 heterocycles. The first-order chi connectivity index (χ1) is 11.5. The van der Waals surface area contributed by atoms with Gasteiger partial charge in [-0.1, -0.05) is 32.9 Å². The Kier molecular flexibility index (Phi) is 4.52. The van der Waals surface area contributed by atoms with E-state index in [1.54, 1.807) is 0 Å². The number of nitrogens with zero attached hydrogens (tertiary/aromatic N) is 2. The molecule has 0 unspecified atom stereocenters. The second kappa shape index (κ2) is 6.46. The predicted octanol–water partition coefficient (Wildman–Crippen LogP) is 2.87. The van der Waals surface area contributed by atoms with Gasteiger partial charge in [0.1, 0.15) is 5.54 Å². The monoisotopic (exact) mass is 329 g/mol. The van der Waals surface area contributed by atoms with Crippen LogP contribution >= 0.6 is 0 Å². The molecule has 1 aromatic carbocycles. The van der Waals surface area contributed by atoms with Crippen LogP contribution in [0.1, 0.15) is 40.0 Å². The lowest BCUT2D eigenvalue weighted by Crippen LogP contribution is -2.62. The molecule has 0 aliphatic carbocycles. The molecule has 1 aromatic rings. The molecule has 0 aromatic heterocycles. The zero-order chi connectivity index (χ0) is 17.3. The highest BCUT2D eigenvalue weighted by molar-refractivity contribution is 6.08. The zero-order valence-corrected chi connectivity index (χ0v) is 14.8. The van der Waals surface area contributed by atoms with Crippen molar-refractivity contribution in [3.8, 4) is 0 Å². The van der Waals surface area contributed by atoms with E-state index < -0.39 is 5.54 Å². The minimum atomic E-state index is -0.576. The minimum absolute atomic E-state index is 0.151. The van der Waals surface area contributed by atoms with Crippen LogP contribution in [0.15, 0.2) is 24.3 Å². The highest BCUT2D eigenvalue weighted by atomic mass is 16.2. The van der Waals surface area contributed by atoms with Gasteiger partial charge in [0.25, 0.3) is 5.91 Å². The number of carbonyl (C=O) groups excluding carboxylic acids is 2. The highest BCUT2D eigenvalue weighted by Gasteiger charge is 2.48. The maximum Gasteiger partial charge on any atom is 0.252 e. The SMILES string of the molecule is CCC(=O)N1CCC2(CC1)Nc1ccccc1N(CC(C)C)C2=O. The summed E-state index contributed by atoms with van der Waals surface area (Å²) in [6, 6.07) is 8.02. The summed E-state index contributed by atoms with van der Waals surface area (Å²) in [5, 5.41) is 3.51. The molecule has 5 nitrogen and oxygen atoms in total. The first kappa shape index (κ1) is 16.8. The number of anilines is 2. The minimum Gasteiger partial charge on any atom is -0.369 e. The molecule has 5 heteroatoms. The number of piperidine rings is 1. The second-order valence-electron chi connectivity index (χ2n) is 7.27. The van der Waals surface area contributed by atoms with Gasteiger partial charge in [0.15, 0.2) is 0 Å². The molecule has 0 atom stereocenters. The van der Waals surface area contributed by atoms with E-state index in [9.17, 15) is 9.59 Å². The molecule has 0 bridgehead atoms. The summed E-state index contributed by atoms with van der Waals surface area (Å²) in [6.07, 6.45) is 1.86. The molecule has 24 heavy (non-hydrogen) atoms. The van der Waals surface area contributed by atoms with Crippen LogP contribution < -0.4 is 10.2 Å². The summed E-state index contributed by atoms with van der Waals surface area (Å²) in [7, 11) is 0. The molecule has 1 N–H and O–H groups in total. The van der Waals surface area contributed by atoms with Crippen molar-refractivity contribution in [1.29, 1.82) is 0 Å². The first-order valence-corrected chi connectivity index (χ1v) is 8.94. The van der Waals surface area contributed by atoms with E-state index in [0.29, 0.717) is 38.3 Å². The van der Waals surface area contributed by atoms with Crippen LogP contribution in [0.5, 0.6) is 0 Å². The second-order valence-corrected chi connectivity index (χ2v) is 7.27. The summed E-state index contributed by atoms with van der Waals surface area (Å²) in [6.45, 7) is 8.15. The summed E-state index contributed by atoms with van der Waals surface area (Å²) < 4.78 is 0. The maximum absolute atomic E-state index is 13.3. The van der Waals surface area contributed by atoms with E-state index in [1.165, 1.54) is 0 Å². The van der Waals surface area contributed by atoms with Crippen LogP contribution in [0.2, 0.25) is 0 Å². The normalized spacial score (nSPS) is 19.4. The lowest BCUT2D eigenvalue weighted by molar-refractivity contribution is -0.135. The van der Waals surface area contributed by atoms with Gasteiger partial charge in [-0.05, 0) is 30.9 Å². The number of likely N-dealkylation sites (tertiary alicyclic amines) is 1. The zero-order valence-electron chi connectivity index (χ0n) is 14.8. The summed E-state index contributed by atoms with van der Waals surface area (Å²) in [5.74, 6) is 0.727. The Morgan fingerprint density at radius 2 is 1.92 bits per heavy atom. The lowest BCUT2D eigenvalue weighted by Gasteiger charge is -2.48. The number of nitrogens with one attached hydrogen (secondary N) is 1. The smallest absolute Gasteiger partial charge is 0.252 e. The third-order valence-electron chi connectivity index (χ3n) is 5.04. The van der Waals surface area contributed by atoms with Crippen LogP contribution in [-0.4, -0.2) is 41.9 Å². The quantitative estimate of drug-likeness (QED) is 0.928. The molecule has 0 radical (unpaired) electrons. The molecule has 3 rings (SSSR count). The van der Waals surface area contributed by atoms with Crippen molar-refractivity contribution < 1.29 is 9.59 Å². The van der Waals surface area contributed by atoms with Crippen molar-refractivity contribution >= 4 is 23.2 Å². The summed E-state index contributed by atoms with van der Waals surface area (Å²) in [4.78, 5) is 29.1. The van der Waals surface area contributed by atoms with E-state index in [-0.39, 0.29) is 11.8 Å². The number of para-hydroxylation sites is 2. The third kappa shape index (κ3) is 2.87. The lowest BCUT2D eigenvalue weighted by atomic mass is 9.83. The van der Waals surface area contributed by atoms with E-state index in [0.717, 1.165) is 17.9 Å². The van der Waals surface area contributed by atoms with Crippen LogP contribution in [-0.2, 0) is 9.59 Å². The van der Waals surface area contributed by atoms with Gasteiger partial charge in [-0.15, -0.1) is 0 Å². The highest BCUT2D eigenvalue weighted by Crippen LogP contribution is 2.40. The van der Waals surface area contributed by atoms with Crippen molar-refractivity contribution in [2.24, 2.45) is 5.92 Å². The number of rotatable bonds is 3. The van der Waals surface area contributed by atoms with Crippen LogP contribution in [0.4, 0.5) is 11.4 Å². The number of benzene rings is 1. The van der Waals surface area contributed by atoms with Gasteiger partial charge < -0.3 is 15.1 Å². The molecule has 130 valence electrons. The molecule has 2 aliphatic rings. The summed E-state index contributed by atoms with van der Waals surface area (Å²) >= 11 is 0. The molecular formula is C19H27N3O2. The van der Waals surface area contributed by atoms with Crippen LogP contribution in [0.25, 0.3) is 0 Å². The number of hydrogen-bond acceptors (Lipinski definition) is 3. The van der Waals surface area contributed by atoms with E-state index in [4.69, 9.17) is 0 Å². The number of hydrogen-bond donors (Lipinski definition) is 1. The topological polar surface area (TPSA) is 52.7 Å². The largest absolute Gasteiger partial charge is 0.369 e. The van der Waals surface area contributed by atoms with Gasteiger partial charge in [-0.3, -0.25) is 9.59 Å². The van der Waals surface area contributed by atoms with Gasteiger partial charge in [0.05, 0.1) is 11.4 Å². The Bertz CT molecular complexity index is 633. The van der Waals surface area contributed by atoms with Crippen LogP contribution in [0.3, 0.4) is 0 Å². The molecule has 1 spiro atoms. The standard InChI is InChI=1S/C19H27N3O2/c1-4-17(23)21-11-9-19(10-12-21)18(24)22(13-14(2)3)16-8-6-5-7-15(16)20-19/h5-8,14,20H,4,9-13H2,1-3H3. The third-order valence-corrected chi connectivity index (χ3v) is 5.04. The molecule has 2 aliphatic heterocycles. The Hall–Kier alpha value is -2.04. The molecule has 0 saturated carbocycles. The van der Waals surface area contributed by atoms with E-state index >= 15 is 0 Å². The fraction of sp³-hybridized carbons (Fsp3) is 0.579. The Balaban J connectivity index is 1.88. The Morgan fingerprint density at radius 3 is 2.54 bits per heavy atom. The molecule has 2 amide bonds. The van der Waals surface area contributed by atoms with Crippen molar-refractivity contribution in [2.75, 3.05) is 29.9 Å². The van der Waals surface area contributed by atoms with Gasteiger partial charge in [-0.25, -0.2) is 0 Å². The average molecular weight is 329 g/mol. The Labute approximate surface area is 144 Å². The average Bonchev–Trinajstić information content (AvgIpc) is 2.58. The van der Waals surface area contributed by atoms with Crippen molar-refractivity contribution in [1.82, 2.24) is 4.90 Å².